The van der Waals surface area contributed by atoms with Crippen molar-refractivity contribution in [2.45, 2.75) is 19.1 Å². The van der Waals surface area contributed by atoms with Crippen LogP contribution in [0, 0.1) is 0 Å². The molecule has 1 aliphatic heterocycles. The van der Waals surface area contributed by atoms with Crippen LogP contribution in [0.25, 0.3) is 0 Å². The van der Waals surface area contributed by atoms with E-state index in [-0.39, 0.29) is 6.10 Å². The molecule has 1 aliphatic rings. The molecular weight excluding hydrogens is 250 g/mol. The standard InChI is InChI=1S/C14H20ClNO2/c1-16(6-5-14-11-17-7-8-18-14)10-12-3-2-4-13(15)9-12/h2-4,9,14H,5-8,10-11H2,1H3. The van der Waals surface area contributed by atoms with Crippen molar-refractivity contribution in [3.8, 4) is 0 Å². The summed E-state index contributed by atoms with van der Waals surface area (Å²) >= 11 is 5.97. The van der Waals surface area contributed by atoms with E-state index in [1.807, 2.05) is 18.2 Å². The van der Waals surface area contributed by atoms with Gasteiger partial charge in [-0.25, -0.2) is 0 Å². The summed E-state index contributed by atoms with van der Waals surface area (Å²) in [6.07, 6.45) is 1.26. The van der Waals surface area contributed by atoms with Crippen LogP contribution in [0.15, 0.2) is 24.3 Å². The van der Waals surface area contributed by atoms with Crippen molar-refractivity contribution >= 4 is 11.6 Å². The zero-order valence-corrected chi connectivity index (χ0v) is 11.5. The number of hydrogen-bond acceptors (Lipinski definition) is 3. The van der Waals surface area contributed by atoms with Gasteiger partial charge >= 0.3 is 0 Å². The van der Waals surface area contributed by atoms with E-state index in [0.717, 1.165) is 44.4 Å². The maximum atomic E-state index is 5.97. The molecule has 0 amide bonds. The first kappa shape index (κ1) is 13.8. The Morgan fingerprint density at radius 3 is 3.00 bits per heavy atom. The third-order valence-electron chi connectivity index (χ3n) is 3.06. The molecule has 2 rings (SSSR count). The van der Waals surface area contributed by atoms with Gasteiger partial charge < -0.3 is 14.4 Å². The van der Waals surface area contributed by atoms with Crippen LogP contribution in [-0.4, -0.2) is 44.4 Å². The minimum Gasteiger partial charge on any atom is -0.376 e. The quantitative estimate of drug-likeness (QED) is 0.820. The van der Waals surface area contributed by atoms with Crippen LogP contribution in [-0.2, 0) is 16.0 Å². The Morgan fingerprint density at radius 2 is 2.28 bits per heavy atom. The second kappa shape index (κ2) is 7.10. The molecule has 0 bridgehead atoms. The third-order valence-corrected chi connectivity index (χ3v) is 3.29. The lowest BCUT2D eigenvalue weighted by atomic mass is 10.2. The fourth-order valence-electron chi connectivity index (χ4n) is 2.09. The molecule has 1 aromatic rings. The molecule has 0 radical (unpaired) electrons. The largest absolute Gasteiger partial charge is 0.376 e. The van der Waals surface area contributed by atoms with Crippen molar-refractivity contribution < 1.29 is 9.47 Å². The van der Waals surface area contributed by atoms with Crippen molar-refractivity contribution in [1.29, 1.82) is 0 Å². The summed E-state index contributed by atoms with van der Waals surface area (Å²) in [4.78, 5) is 2.28. The zero-order chi connectivity index (χ0) is 12.8. The first-order valence-electron chi connectivity index (χ1n) is 6.36. The van der Waals surface area contributed by atoms with Crippen molar-refractivity contribution in [2.75, 3.05) is 33.4 Å². The minimum atomic E-state index is 0.251. The summed E-state index contributed by atoms with van der Waals surface area (Å²) < 4.78 is 11.0. The fraction of sp³-hybridized carbons (Fsp3) is 0.571. The van der Waals surface area contributed by atoms with E-state index >= 15 is 0 Å². The van der Waals surface area contributed by atoms with Crippen LogP contribution in [0.5, 0.6) is 0 Å². The number of nitrogens with zero attached hydrogens (tertiary/aromatic N) is 1. The van der Waals surface area contributed by atoms with E-state index in [9.17, 15) is 0 Å². The zero-order valence-electron chi connectivity index (χ0n) is 10.8. The SMILES string of the molecule is CN(CCC1COCCO1)Cc1cccc(Cl)c1. The summed E-state index contributed by atoms with van der Waals surface area (Å²) in [6.45, 7) is 4.09. The molecule has 1 heterocycles. The van der Waals surface area contributed by atoms with Gasteiger partial charge in [0.15, 0.2) is 0 Å². The Balaban J connectivity index is 1.72. The molecule has 0 aromatic heterocycles. The molecule has 100 valence electrons. The van der Waals surface area contributed by atoms with Crippen molar-refractivity contribution in [1.82, 2.24) is 4.90 Å². The van der Waals surface area contributed by atoms with Gasteiger partial charge in [0.1, 0.15) is 0 Å². The lowest BCUT2D eigenvalue weighted by Gasteiger charge is -2.25. The highest BCUT2D eigenvalue weighted by molar-refractivity contribution is 6.30. The maximum absolute atomic E-state index is 5.97. The van der Waals surface area contributed by atoms with Gasteiger partial charge in [0, 0.05) is 18.1 Å². The Bertz CT molecular complexity index is 367. The van der Waals surface area contributed by atoms with Crippen molar-refractivity contribution in [3.05, 3.63) is 34.9 Å². The predicted molar refractivity (Wildman–Crippen MR) is 73.0 cm³/mol. The molecule has 1 fully saturated rings. The number of ether oxygens (including phenoxy) is 2. The molecule has 1 aromatic carbocycles. The number of rotatable bonds is 5. The summed E-state index contributed by atoms with van der Waals surface area (Å²) in [5, 5.41) is 0.796. The first-order chi connectivity index (χ1) is 8.74. The average molecular weight is 270 g/mol. The molecule has 3 nitrogen and oxygen atoms in total. The van der Waals surface area contributed by atoms with Crippen molar-refractivity contribution in [3.63, 3.8) is 0 Å². The summed E-state index contributed by atoms with van der Waals surface area (Å²) in [6, 6.07) is 8.00. The molecule has 0 aliphatic carbocycles. The smallest absolute Gasteiger partial charge is 0.0821 e. The van der Waals surface area contributed by atoms with Crippen LogP contribution >= 0.6 is 11.6 Å². The van der Waals surface area contributed by atoms with E-state index in [1.165, 1.54) is 5.56 Å². The topological polar surface area (TPSA) is 21.7 Å². The van der Waals surface area contributed by atoms with Gasteiger partial charge in [0.05, 0.1) is 25.9 Å². The number of hydrogen-bond donors (Lipinski definition) is 0. The van der Waals surface area contributed by atoms with E-state index in [2.05, 4.69) is 18.0 Å². The van der Waals surface area contributed by atoms with Crippen LogP contribution in [0.2, 0.25) is 5.02 Å². The lowest BCUT2D eigenvalue weighted by Crippen LogP contribution is -2.32. The van der Waals surface area contributed by atoms with Gasteiger partial charge in [-0.2, -0.15) is 0 Å². The molecule has 0 saturated carbocycles. The summed E-state index contributed by atoms with van der Waals surface area (Å²) in [5.41, 5.74) is 1.24. The fourth-order valence-corrected chi connectivity index (χ4v) is 2.31. The second-order valence-corrected chi connectivity index (χ2v) is 5.16. The third kappa shape index (κ3) is 4.58. The van der Waals surface area contributed by atoms with E-state index in [4.69, 9.17) is 21.1 Å². The monoisotopic (exact) mass is 269 g/mol. The predicted octanol–water partition coefficient (Wildman–Crippen LogP) is 2.58. The van der Waals surface area contributed by atoms with Crippen LogP contribution in [0.1, 0.15) is 12.0 Å². The van der Waals surface area contributed by atoms with Gasteiger partial charge in [-0.15, -0.1) is 0 Å². The lowest BCUT2D eigenvalue weighted by molar-refractivity contribution is -0.0923. The highest BCUT2D eigenvalue weighted by atomic mass is 35.5. The van der Waals surface area contributed by atoms with Gasteiger partial charge in [-0.1, -0.05) is 23.7 Å². The maximum Gasteiger partial charge on any atom is 0.0821 e. The van der Waals surface area contributed by atoms with Gasteiger partial charge in [0.2, 0.25) is 0 Å². The van der Waals surface area contributed by atoms with Crippen molar-refractivity contribution in [2.24, 2.45) is 0 Å². The van der Waals surface area contributed by atoms with Gasteiger partial charge in [0.25, 0.3) is 0 Å². The Hall–Kier alpha value is -0.610. The highest BCUT2D eigenvalue weighted by Crippen LogP contribution is 2.13. The van der Waals surface area contributed by atoms with Crippen LogP contribution in [0.3, 0.4) is 0 Å². The molecular formula is C14H20ClNO2. The second-order valence-electron chi connectivity index (χ2n) is 4.72. The molecule has 1 atom stereocenters. The molecule has 0 N–H and O–H groups in total. The van der Waals surface area contributed by atoms with Gasteiger partial charge in [-0.3, -0.25) is 0 Å². The van der Waals surface area contributed by atoms with E-state index in [0.29, 0.717) is 0 Å². The molecule has 1 saturated heterocycles. The molecule has 4 heteroatoms. The van der Waals surface area contributed by atoms with Crippen LogP contribution < -0.4 is 0 Å². The Labute approximate surface area is 114 Å². The highest BCUT2D eigenvalue weighted by Gasteiger charge is 2.14. The van der Waals surface area contributed by atoms with Crippen LogP contribution in [0.4, 0.5) is 0 Å². The molecule has 18 heavy (non-hydrogen) atoms. The normalized spacial score (nSPS) is 20.3. The molecule has 0 spiro atoms. The Morgan fingerprint density at radius 1 is 1.39 bits per heavy atom. The van der Waals surface area contributed by atoms with E-state index in [1.54, 1.807) is 0 Å². The summed E-state index contributed by atoms with van der Waals surface area (Å²) in [7, 11) is 2.12. The Kier molecular flexibility index (Phi) is 5.45. The molecule has 1 unspecified atom stereocenters. The van der Waals surface area contributed by atoms with Gasteiger partial charge in [-0.05, 0) is 31.2 Å². The number of benzene rings is 1. The minimum absolute atomic E-state index is 0.251. The summed E-state index contributed by atoms with van der Waals surface area (Å²) in [5.74, 6) is 0. The first-order valence-corrected chi connectivity index (χ1v) is 6.74. The number of halogens is 1. The average Bonchev–Trinajstić information content (AvgIpc) is 2.38. The van der Waals surface area contributed by atoms with E-state index < -0.39 is 0 Å².